The van der Waals surface area contributed by atoms with Gasteiger partial charge in [-0.05, 0) is 25.7 Å². The van der Waals surface area contributed by atoms with E-state index in [1.54, 1.807) is 0 Å². The lowest BCUT2D eigenvalue weighted by Crippen LogP contribution is -2.04. The fraction of sp³-hybridized carbons (Fsp3) is 0.625. The summed E-state index contributed by atoms with van der Waals surface area (Å²) in [5.74, 6) is 0.889. The standard InChI is InChI=1S/C8H12N2O/c9-5-8-6-3-1-2-4-7(6)10-11-8/h1-5,9H2. The summed E-state index contributed by atoms with van der Waals surface area (Å²) >= 11 is 0. The molecule has 3 heteroatoms. The molecule has 1 aliphatic rings. The second-order valence-electron chi connectivity index (χ2n) is 2.94. The number of aryl methyl sites for hydroxylation is 1. The number of nitrogens with two attached hydrogens (primary N) is 1. The summed E-state index contributed by atoms with van der Waals surface area (Å²) in [5, 5.41) is 3.97. The monoisotopic (exact) mass is 152 g/mol. The van der Waals surface area contributed by atoms with Gasteiger partial charge in [0.15, 0.2) is 5.76 Å². The molecule has 0 saturated heterocycles. The zero-order valence-electron chi connectivity index (χ0n) is 6.47. The Balaban J connectivity index is 2.38. The third-order valence-electron chi connectivity index (χ3n) is 2.23. The van der Waals surface area contributed by atoms with Crippen LogP contribution in [-0.2, 0) is 19.4 Å². The number of fused-ring (bicyclic) bond motifs is 1. The molecule has 2 rings (SSSR count). The first kappa shape index (κ1) is 6.85. The minimum atomic E-state index is 0.488. The second-order valence-corrected chi connectivity index (χ2v) is 2.94. The first-order chi connectivity index (χ1) is 5.42. The van der Waals surface area contributed by atoms with Gasteiger partial charge in [0.2, 0.25) is 0 Å². The molecule has 0 bridgehead atoms. The summed E-state index contributed by atoms with van der Waals surface area (Å²) in [7, 11) is 0. The van der Waals surface area contributed by atoms with Crippen molar-refractivity contribution in [2.45, 2.75) is 32.2 Å². The van der Waals surface area contributed by atoms with Crippen molar-refractivity contribution < 1.29 is 4.52 Å². The Bertz CT molecular complexity index is 241. The quantitative estimate of drug-likeness (QED) is 0.653. The molecule has 0 aromatic carbocycles. The van der Waals surface area contributed by atoms with Crippen LogP contribution >= 0.6 is 0 Å². The van der Waals surface area contributed by atoms with Crippen molar-refractivity contribution in [2.75, 3.05) is 0 Å². The van der Waals surface area contributed by atoms with E-state index in [9.17, 15) is 0 Å². The van der Waals surface area contributed by atoms with Crippen LogP contribution in [0, 0.1) is 0 Å². The molecule has 0 amide bonds. The van der Waals surface area contributed by atoms with Crippen molar-refractivity contribution in [3.8, 4) is 0 Å². The molecule has 1 aromatic heterocycles. The van der Waals surface area contributed by atoms with Gasteiger partial charge in [-0.1, -0.05) is 5.16 Å². The number of rotatable bonds is 1. The van der Waals surface area contributed by atoms with Crippen LogP contribution in [-0.4, -0.2) is 5.16 Å². The molecule has 0 radical (unpaired) electrons. The summed E-state index contributed by atoms with van der Waals surface area (Å²) < 4.78 is 5.09. The van der Waals surface area contributed by atoms with Gasteiger partial charge in [0.25, 0.3) is 0 Å². The zero-order chi connectivity index (χ0) is 7.68. The lowest BCUT2D eigenvalue weighted by atomic mass is 9.96. The highest BCUT2D eigenvalue weighted by Gasteiger charge is 2.17. The fourth-order valence-corrected chi connectivity index (χ4v) is 1.62. The first-order valence-electron chi connectivity index (χ1n) is 4.08. The normalized spacial score (nSPS) is 16.5. The first-order valence-corrected chi connectivity index (χ1v) is 4.08. The lowest BCUT2D eigenvalue weighted by molar-refractivity contribution is 0.378. The Morgan fingerprint density at radius 3 is 3.00 bits per heavy atom. The van der Waals surface area contributed by atoms with Crippen LogP contribution in [0.2, 0.25) is 0 Å². The van der Waals surface area contributed by atoms with Crippen LogP contribution < -0.4 is 5.73 Å². The Hall–Kier alpha value is -0.830. The van der Waals surface area contributed by atoms with Crippen molar-refractivity contribution in [1.29, 1.82) is 0 Å². The van der Waals surface area contributed by atoms with Gasteiger partial charge in [0.1, 0.15) is 0 Å². The maximum Gasteiger partial charge on any atom is 0.153 e. The van der Waals surface area contributed by atoms with Crippen molar-refractivity contribution in [1.82, 2.24) is 5.16 Å². The molecule has 11 heavy (non-hydrogen) atoms. The smallest absolute Gasteiger partial charge is 0.153 e. The molecule has 1 heterocycles. The summed E-state index contributed by atoms with van der Waals surface area (Å²) in [4.78, 5) is 0. The van der Waals surface area contributed by atoms with E-state index in [0.717, 1.165) is 24.3 Å². The average Bonchev–Trinajstić information content (AvgIpc) is 2.47. The zero-order valence-corrected chi connectivity index (χ0v) is 6.47. The lowest BCUT2D eigenvalue weighted by Gasteiger charge is -2.07. The van der Waals surface area contributed by atoms with E-state index >= 15 is 0 Å². The van der Waals surface area contributed by atoms with Crippen molar-refractivity contribution in [2.24, 2.45) is 5.73 Å². The van der Waals surface area contributed by atoms with Gasteiger partial charge in [-0.3, -0.25) is 0 Å². The molecule has 1 aromatic rings. The summed E-state index contributed by atoms with van der Waals surface area (Å²) in [6, 6.07) is 0. The highest BCUT2D eigenvalue weighted by atomic mass is 16.5. The summed E-state index contributed by atoms with van der Waals surface area (Å²) in [6.45, 7) is 0.488. The van der Waals surface area contributed by atoms with Gasteiger partial charge >= 0.3 is 0 Å². The van der Waals surface area contributed by atoms with Crippen LogP contribution in [0.4, 0.5) is 0 Å². The van der Waals surface area contributed by atoms with Gasteiger partial charge in [-0.15, -0.1) is 0 Å². The van der Waals surface area contributed by atoms with E-state index < -0.39 is 0 Å². The van der Waals surface area contributed by atoms with Gasteiger partial charge in [-0.25, -0.2) is 0 Å². The highest BCUT2D eigenvalue weighted by molar-refractivity contribution is 5.25. The summed E-state index contributed by atoms with van der Waals surface area (Å²) in [5.41, 5.74) is 7.90. The van der Waals surface area contributed by atoms with Crippen LogP contribution in [0.3, 0.4) is 0 Å². The number of nitrogens with zero attached hydrogens (tertiary/aromatic N) is 1. The maximum absolute atomic E-state index is 5.48. The SMILES string of the molecule is NCc1onc2c1CCCC2. The second kappa shape index (κ2) is 2.66. The molecular weight excluding hydrogens is 140 g/mol. The Kier molecular flexibility index (Phi) is 1.66. The summed E-state index contributed by atoms with van der Waals surface area (Å²) in [6.07, 6.45) is 4.66. The molecule has 0 fully saturated rings. The molecule has 60 valence electrons. The Morgan fingerprint density at radius 2 is 2.18 bits per heavy atom. The largest absolute Gasteiger partial charge is 0.359 e. The fourth-order valence-electron chi connectivity index (χ4n) is 1.62. The number of aromatic nitrogens is 1. The molecule has 3 nitrogen and oxygen atoms in total. The van der Waals surface area contributed by atoms with Gasteiger partial charge in [0, 0.05) is 5.56 Å². The van der Waals surface area contributed by atoms with Crippen molar-refractivity contribution in [3.63, 3.8) is 0 Å². The minimum absolute atomic E-state index is 0.488. The van der Waals surface area contributed by atoms with E-state index in [0.29, 0.717) is 6.54 Å². The van der Waals surface area contributed by atoms with Crippen LogP contribution in [0.25, 0.3) is 0 Å². The van der Waals surface area contributed by atoms with E-state index in [1.807, 2.05) is 0 Å². The van der Waals surface area contributed by atoms with Gasteiger partial charge < -0.3 is 10.3 Å². The van der Waals surface area contributed by atoms with Gasteiger partial charge in [0.05, 0.1) is 12.2 Å². The molecule has 0 unspecified atom stereocenters. The Morgan fingerprint density at radius 1 is 1.36 bits per heavy atom. The minimum Gasteiger partial charge on any atom is -0.359 e. The highest BCUT2D eigenvalue weighted by Crippen LogP contribution is 2.23. The predicted molar refractivity (Wildman–Crippen MR) is 41.0 cm³/mol. The van der Waals surface area contributed by atoms with E-state index in [1.165, 1.54) is 18.4 Å². The van der Waals surface area contributed by atoms with Crippen molar-refractivity contribution >= 4 is 0 Å². The van der Waals surface area contributed by atoms with Gasteiger partial charge in [-0.2, -0.15) is 0 Å². The predicted octanol–water partition coefficient (Wildman–Crippen LogP) is 1.01. The number of hydrogen-bond acceptors (Lipinski definition) is 3. The van der Waals surface area contributed by atoms with Crippen LogP contribution in [0.15, 0.2) is 4.52 Å². The molecule has 1 aliphatic carbocycles. The molecular formula is C8H12N2O. The third kappa shape index (κ3) is 1.05. The van der Waals surface area contributed by atoms with Crippen LogP contribution in [0.1, 0.15) is 29.9 Å². The number of hydrogen-bond donors (Lipinski definition) is 1. The molecule has 0 saturated carbocycles. The third-order valence-corrected chi connectivity index (χ3v) is 2.23. The molecule has 0 spiro atoms. The van der Waals surface area contributed by atoms with E-state index in [4.69, 9.17) is 10.3 Å². The maximum atomic E-state index is 5.48. The molecule has 0 atom stereocenters. The Labute approximate surface area is 65.6 Å². The van der Waals surface area contributed by atoms with E-state index in [-0.39, 0.29) is 0 Å². The molecule has 0 aliphatic heterocycles. The van der Waals surface area contributed by atoms with Crippen LogP contribution in [0.5, 0.6) is 0 Å². The van der Waals surface area contributed by atoms with E-state index in [2.05, 4.69) is 5.16 Å². The molecule has 2 N–H and O–H groups in total. The van der Waals surface area contributed by atoms with Crippen molar-refractivity contribution in [3.05, 3.63) is 17.0 Å². The average molecular weight is 152 g/mol. The topological polar surface area (TPSA) is 52.0 Å².